The lowest BCUT2D eigenvalue weighted by Gasteiger charge is -2.27. The van der Waals surface area contributed by atoms with Crippen LogP contribution >= 0.6 is 46.6 Å². The Hall–Kier alpha value is -0.230. The van der Waals surface area contributed by atoms with Crippen molar-refractivity contribution in [1.82, 2.24) is 15.3 Å². The monoisotopic (exact) mass is 341 g/mol. The lowest BCUT2D eigenvalue weighted by Crippen LogP contribution is -2.46. The molecule has 1 heterocycles. The third kappa shape index (κ3) is 5.73. The summed E-state index contributed by atoms with van der Waals surface area (Å²) in [6.07, 6.45) is 3.16. The first kappa shape index (κ1) is 16.8. The number of hydrogen-bond donors (Lipinski definition) is 1. The summed E-state index contributed by atoms with van der Waals surface area (Å²) >= 11 is 18.7. The van der Waals surface area contributed by atoms with Crippen LogP contribution < -0.4 is 5.32 Å². The normalized spacial score (nSPS) is 14.0. The van der Waals surface area contributed by atoms with Crippen LogP contribution in [0.3, 0.4) is 0 Å². The molecule has 0 aliphatic carbocycles. The molecule has 0 saturated carbocycles. The van der Waals surface area contributed by atoms with Crippen molar-refractivity contribution in [2.45, 2.75) is 35.1 Å². The topological polar surface area (TPSA) is 54.9 Å². The summed E-state index contributed by atoms with van der Waals surface area (Å²) in [4.78, 5) is 20.0. The van der Waals surface area contributed by atoms with Crippen LogP contribution in [0.4, 0.5) is 0 Å². The summed E-state index contributed by atoms with van der Waals surface area (Å²) in [5, 5.41) is 2.35. The predicted molar refractivity (Wildman–Crippen MR) is 79.6 cm³/mol. The van der Waals surface area contributed by atoms with Crippen LogP contribution in [0.2, 0.25) is 0 Å². The predicted octanol–water partition coefficient (Wildman–Crippen LogP) is 3.43. The lowest BCUT2D eigenvalue weighted by molar-refractivity contribution is -0.128. The standard InChI is InChI=1S/C11H14Cl3N3OS/c1-10(2,3)7(18)17-8(11(12,13)14)19-9-15-5-4-6-16-9/h4-6,8H,1-3H3,(H,17,18)/t8-/m0/s1. The third-order valence-corrected chi connectivity index (χ3v) is 4.18. The Bertz CT molecular complexity index is 431. The second-order valence-corrected chi connectivity index (χ2v) is 8.24. The molecule has 8 heteroatoms. The van der Waals surface area contributed by atoms with E-state index in [1.54, 1.807) is 39.2 Å². The fourth-order valence-electron chi connectivity index (χ4n) is 0.965. The smallest absolute Gasteiger partial charge is 0.226 e. The van der Waals surface area contributed by atoms with E-state index in [0.717, 1.165) is 11.8 Å². The van der Waals surface area contributed by atoms with Crippen LogP contribution in [0.5, 0.6) is 0 Å². The molecule has 106 valence electrons. The average molecular weight is 343 g/mol. The Morgan fingerprint density at radius 1 is 1.26 bits per heavy atom. The number of thioether (sulfide) groups is 1. The van der Waals surface area contributed by atoms with Gasteiger partial charge in [0.1, 0.15) is 5.37 Å². The maximum absolute atomic E-state index is 12.0. The molecule has 1 N–H and O–H groups in total. The highest BCUT2D eigenvalue weighted by atomic mass is 35.6. The van der Waals surface area contributed by atoms with E-state index < -0.39 is 14.6 Å². The van der Waals surface area contributed by atoms with Crippen molar-refractivity contribution < 1.29 is 4.79 Å². The summed E-state index contributed by atoms with van der Waals surface area (Å²) < 4.78 is -1.66. The minimum atomic E-state index is -1.66. The van der Waals surface area contributed by atoms with Crippen molar-refractivity contribution >= 4 is 52.5 Å². The largest absolute Gasteiger partial charge is 0.339 e. The van der Waals surface area contributed by atoms with E-state index in [2.05, 4.69) is 15.3 Å². The highest BCUT2D eigenvalue weighted by Crippen LogP contribution is 2.38. The van der Waals surface area contributed by atoms with Gasteiger partial charge >= 0.3 is 0 Å². The van der Waals surface area contributed by atoms with Crippen molar-refractivity contribution in [3.63, 3.8) is 0 Å². The maximum Gasteiger partial charge on any atom is 0.226 e. The summed E-state index contributed by atoms with van der Waals surface area (Å²) in [7, 11) is 0. The molecule has 0 fully saturated rings. The average Bonchev–Trinajstić information content (AvgIpc) is 2.27. The zero-order valence-electron chi connectivity index (χ0n) is 10.7. The highest BCUT2D eigenvalue weighted by molar-refractivity contribution is 8.00. The zero-order chi connectivity index (χ0) is 14.7. The van der Waals surface area contributed by atoms with Gasteiger partial charge in [-0.25, -0.2) is 9.97 Å². The van der Waals surface area contributed by atoms with Gasteiger partial charge in [0, 0.05) is 17.8 Å². The number of nitrogens with one attached hydrogen (secondary N) is 1. The van der Waals surface area contributed by atoms with E-state index in [1.165, 1.54) is 0 Å². The molecule has 1 rings (SSSR count). The maximum atomic E-state index is 12.0. The van der Waals surface area contributed by atoms with Gasteiger partial charge in [0.25, 0.3) is 0 Å². The molecule has 0 aliphatic heterocycles. The van der Waals surface area contributed by atoms with E-state index in [-0.39, 0.29) is 5.91 Å². The Morgan fingerprint density at radius 3 is 2.21 bits per heavy atom. The van der Waals surface area contributed by atoms with Gasteiger partial charge in [-0.3, -0.25) is 4.79 Å². The van der Waals surface area contributed by atoms with Crippen LogP contribution in [0, 0.1) is 5.41 Å². The van der Waals surface area contributed by atoms with Gasteiger partial charge in [-0.2, -0.15) is 0 Å². The van der Waals surface area contributed by atoms with Gasteiger partial charge in [-0.1, -0.05) is 67.3 Å². The summed E-state index contributed by atoms with van der Waals surface area (Å²) in [5.74, 6) is -0.216. The Labute approximate surface area is 131 Å². The van der Waals surface area contributed by atoms with Gasteiger partial charge in [-0.05, 0) is 6.07 Å². The van der Waals surface area contributed by atoms with Crippen LogP contribution in [0.15, 0.2) is 23.6 Å². The van der Waals surface area contributed by atoms with E-state index in [1.807, 2.05) is 0 Å². The minimum absolute atomic E-state index is 0.216. The molecular weight excluding hydrogens is 329 g/mol. The van der Waals surface area contributed by atoms with Gasteiger partial charge in [0.05, 0.1) is 0 Å². The first-order chi connectivity index (χ1) is 8.60. The number of aromatic nitrogens is 2. The van der Waals surface area contributed by atoms with Crippen molar-refractivity contribution in [2.24, 2.45) is 5.41 Å². The molecule has 0 unspecified atom stereocenters. The van der Waals surface area contributed by atoms with E-state index >= 15 is 0 Å². The van der Waals surface area contributed by atoms with Crippen LogP contribution in [0.25, 0.3) is 0 Å². The fourth-order valence-corrected chi connectivity index (χ4v) is 2.28. The van der Waals surface area contributed by atoms with Crippen molar-refractivity contribution in [3.8, 4) is 0 Å². The second kappa shape index (κ2) is 6.48. The molecule has 0 radical (unpaired) electrons. The third-order valence-electron chi connectivity index (χ3n) is 2.01. The number of carbonyl (C=O) groups is 1. The minimum Gasteiger partial charge on any atom is -0.339 e. The van der Waals surface area contributed by atoms with Crippen molar-refractivity contribution in [2.75, 3.05) is 0 Å². The molecule has 0 saturated heterocycles. The van der Waals surface area contributed by atoms with Crippen molar-refractivity contribution in [3.05, 3.63) is 18.5 Å². The Morgan fingerprint density at radius 2 is 1.79 bits per heavy atom. The number of amides is 1. The first-order valence-corrected chi connectivity index (χ1v) is 7.43. The van der Waals surface area contributed by atoms with Crippen LogP contribution in [0.1, 0.15) is 20.8 Å². The molecule has 1 amide bonds. The molecular formula is C11H14Cl3N3OS. The number of rotatable bonds is 3. The van der Waals surface area contributed by atoms with E-state index in [4.69, 9.17) is 34.8 Å². The number of hydrogen-bond acceptors (Lipinski definition) is 4. The molecule has 1 aromatic heterocycles. The van der Waals surface area contributed by atoms with E-state index in [0.29, 0.717) is 5.16 Å². The Kier molecular flexibility index (Phi) is 5.74. The van der Waals surface area contributed by atoms with Crippen LogP contribution in [-0.2, 0) is 4.79 Å². The second-order valence-electron chi connectivity index (χ2n) is 4.79. The molecule has 4 nitrogen and oxygen atoms in total. The van der Waals surface area contributed by atoms with Crippen molar-refractivity contribution in [1.29, 1.82) is 0 Å². The van der Waals surface area contributed by atoms with Gasteiger partial charge in [-0.15, -0.1) is 0 Å². The van der Waals surface area contributed by atoms with Gasteiger partial charge in [0.2, 0.25) is 9.70 Å². The zero-order valence-corrected chi connectivity index (χ0v) is 13.7. The molecule has 1 aromatic rings. The number of carbonyl (C=O) groups excluding carboxylic acids is 1. The summed E-state index contributed by atoms with van der Waals surface area (Å²) in [5.41, 5.74) is -0.577. The first-order valence-electron chi connectivity index (χ1n) is 5.42. The van der Waals surface area contributed by atoms with Gasteiger partial charge in [0.15, 0.2) is 5.16 Å². The summed E-state index contributed by atoms with van der Waals surface area (Å²) in [6, 6.07) is 1.68. The fraction of sp³-hybridized carbons (Fsp3) is 0.545. The van der Waals surface area contributed by atoms with E-state index in [9.17, 15) is 4.79 Å². The quantitative estimate of drug-likeness (QED) is 0.396. The summed E-state index contributed by atoms with van der Waals surface area (Å²) in [6.45, 7) is 5.34. The number of halogens is 3. The molecule has 1 atom stereocenters. The Balaban J connectivity index is 2.83. The van der Waals surface area contributed by atoms with Crippen LogP contribution in [-0.4, -0.2) is 25.0 Å². The number of alkyl halides is 3. The molecule has 0 spiro atoms. The molecule has 19 heavy (non-hydrogen) atoms. The molecule has 0 aromatic carbocycles. The number of nitrogens with zero attached hydrogens (tertiary/aromatic N) is 2. The van der Waals surface area contributed by atoms with Gasteiger partial charge < -0.3 is 5.32 Å². The molecule has 0 bridgehead atoms. The lowest BCUT2D eigenvalue weighted by atomic mass is 9.96. The highest BCUT2D eigenvalue weighted by Gasteiger charge is 2.37. The molecule has 0 aliphatic rings. The SMILES string of the molecule is CC(C)(C)C(=O)N[C@@H](Sc1ncccn1)C(Cl)(Cl)Cl.